The summed E-state index contributed by atoms with van der Waals surface area (Å²) in [4.78, 5) is 10.8. The molecular weight excluding hydrogens is 347 g/mol. The quantitative estimate of drug-likeness (QED) is 0.839. The van der Waals surface area contributed by atoms with Crippen LogP contribution in [0.1, 0.15) is 30.9 Å². The van der Waals surface area contributed by atoms with Gasteiger partial charge >= 0.3 is 0 Å². The summed E-state index contributed by atoms with van der Waals surface area (Å²) in [7, 11) is 0. The second kappa shape index (κ2) is 8.01. The van der Waals surface area contributed by atoms with Crippen molar-refractivity contribution >= 4 is 34.8 Å². The smallest absolute Gasteiger partial charge is 0.134 e. The fourth-order valence-electron chi connectivity index (χ4n) is 2.87. The first-order chi connectivity index (χ1) is 11.6. The summed E-state index contributed by atoms with van der Waals surface area (Å²) in [5.74, 6) is 1.59. The predicted molar refractivity (Wildman–Crippen MR) is 98.0 cm³/mol. The molecule has 0 saturated carbocycles. The Bertz CT molecular complexity index is 672. The first-order valence-electron chi connectivity index (χ1n) is 8.08. The van der Waals surface area contributed by atoms with E-state index in [1.165, 1.54) is 19.3 Å². The van der Waals surface area contributed by atoms with Gasteiger partial charge in [0.15, 0.2) is 0 Å². The van der Waals surface area contributed by atoms with Crippen LogP contribution in [-0.4, -0.2) is 34.7 Å². The van der Waals surface area contributed by atoms with Gasteiger partial charge in [-0.2, -0.15) is 0 Å². The standard InChI is InChI=1S/C17H20Cl2N4O/c18-12-5-4-6-13(19)17(12)14(24)10-20-15-9-16(22-11-21-15)23-7-2-1-3-8-23/h4-6,9,11,14,24H,1-3,7-8,10H2,(H,20,21,22). The number of nitrogens with one attached hydrogen (secondary N) is 1. The predicted octanol–water partition coefficient (Wildman–Crippen LogP) is 3.92. The lowest BCUT2D eigenvalue weighted by molar-refractivity contribution is 0.191. The Morgan fingerprint density at radius 1 is 1.12 bits per heavy atom. The van der Waals surface area contributed by atoms with E-state index in [4.69, 9.17) is 23.2 Å². The third kappa shape index (κ3) is 4.09. The van der Waals surface area contributed by atoms with Crippen molar-refractivity contribution in [1.29, 1.82) is 0 Å². The molecule has 2 N–H and O–H groups in total. The molecule has 0 amide bonds. The highest BCUT2D eigenvalue weighted by Crippen LogP contribution is 2.30. The van der Waals surface area contributed by atoms with Crippen molar-refractivity contribution in [2.24, 2.45) is 0 Å². The topological polar surface area (TPSA) is 61.3 Å². The largest absolute Gasteiger partial charge is 0.386 e. The van der Waals surface area contributed by atoms with Gasteiger partial charge in [-0.1, -0.05) is 29.3 Å². The van der Waals surface area contributed by atoms with Crippen molar-refractivity contribution < 1.29 is 5.11 Å². The molecule has 0 radical (unpaired) electrons. The molecule has 7 heteroatoms. The van der Waals surface area contributed by atoms with Crippen molar-refractivity contribution in [2.75, 3.05) is 29.9 Å². The van der Waals surface area contributed by atoms with Crippen LogP contribution >= 0.6 is 23.2 Å². The number of anilines is 2. The summed E-state index contributed by atoms with van der Waals surface area (Å²) in [6.45, 7) is 2.31. The van der Waals surface area contributed by atoms with E-state index >= 15 is 0 Å². The number of rotatable bonds is 5. The van der Waals surface area contributed by atoms with Gasteiger partial charge in [-0.15, -0.1) is 0 Å². The first kappa shape index (κ1) is 17.3. The number of nitrogens with zero attached hydrogens (tertiary/aromatic N) is 3. The Labute approximate surface area is 151 Å². The number of piperidine rings is 1. The third-order valence-corrected chi connectivity index (χ3v) is 4.80. The number of aliphatic hydroxyl groups is 1. The minimum absolute atomic E-state index is 0.264. The normalized spacial score (nSPS) is 16.0. The van der Waals surface area contributed by atoms with Gasteiger partial charge in [-0.3, -0.25) is 0 Å². The number of hydrogen-bond donors (Lipinski definition) is 2. The highest BCUT2D eigenvalue weighted by atomic mass is 35.5. The lowest BCUT2D eigenvalue weighted by Crippen LogP contribution is -2.30. The van der Waals surface area contributed by atoms with E-state index in [0.717, 1.165) is 18.9 Å². The summed E-state index contributed by atoms with van der Waals surface area (Å²) in [6.07, 6.45) is 4.38. The molecular formula is C17H20Cl2N4O. The summed E-state index contributed by atoms with van der Waals surface area (Å²) < 4.78 is 0. The van der Waals surface area contributed by atoms with E-state index in [0.29, 0.717) is 21.4 Å². The number of benzene rings is 1. The maximum atomic E-state index is 10.4. The molecule has 128 valence electrons. The maximum absolute atomic E-state index is 10.4. The summed E-state index contributed by atoms with van der Waals surface area (Å²) in [5, 5.41) is 14.4. The molecule has 0 bridgehead atoms. The molecule has 1 aromatic carbocycles. The lowest BCUT2D eigenvalue weighted by atomic mass is 10.1. The number of halogens is 2. The minimum Gasteiger partial charge on any atom is -0.386 e. The van der Waals surface area contributed by atoms with Gasteiger partial charge < -0.3 is 15.3 Å². The van der Waals surface area contributed by atoms with Gasteiger partial charge in [0.25, 0.3) is 0 Å². The molecule has 1 aliphatic heterocycles. The zero-order valence-electron chi connectivity index (χ0n) is 13.3. The summed E-state index contributed by atoms with van der Waals surface area (Å²) in [6, 6.07) is 7.09. The molecule has 1 aromatic heterocycles. The van der Waals surface area contributed by atoms with Gasteiger partial charge in [0, 0.05) is 41.3 Å². The van der Waals surface area contributed by atoms with Crippen LogP contribution in [0.2, 0.25) is 10.0 Å². The van der Waals surface area contributed by atoms with Crippen molar-refractivity contribution in [3.63, 3.8) is 0 Å². The molecule has 1 aliphatic rings. The van der Waals surface area contributed by atoms with E-state index < -0.39 is 6.10 Å². The van der Waals surface area contributed by atoms with Gasteiger partial charge in [0.1, 0.15) is 18.0 Å². The molecule has 5 nitrogen and oxygen atoms in total. The first-order valence-corrected chi connectivity index (χ1v) is 8.83. The maximum Gasteiger partial charge on any atom is 0.134 e. The van der Waals surface area contributed by atoms with Crippen molar-refractivity contribution in [3.05, 3.63) is 46.2 Å². The fourth-order valence-corrected chi connectivity index (χ4v) is 3.52. The van der Waals surface area contributed by atoms with Crippen LogP contribution in [0.4, 0.5) is 11.6 Å². The minimum atomic E-state index is -0.820. The Morgan fingerprint density at radius 3 is 2.54 bits per heavy atom. The highest BCUT2D eigenvalue weighted by Gasteiger charge is 2.16. The molecule has 2 aromatic rings. The van der Waals surface area contributed by atoms with E-state index in [2.05, 4.69) is 20.2 Å². The van der Waals surface area contributed by atoms with E-state index in [1.54, 1.807) is 24.5 Å². The van der Waals surface area contributed by atoms with Crippen LogP contribution in [0.15, 0.2) is 30.6 Å². The molecule has 24 heavy (non-hydrogen) atoms. The van der Waals surface area contributed by atoms with Crippen LogP contribution in [0.5, 0.6) is 0 Å². The molecule has 2 heterocycles. The Kier molecular flexibility index (Phi) is 5.76. The monoisotopic (exact) mass is 366 g/mol. The third-order valence-electron chi connectivity index (χ3n) is 4.14. The average Bonchev–Trinajstić information content (AvgIpc) is 2.61. The summed E-state index contributed by atoms with van der Waals surface area (Å²) in [5.41, 5.74) is 0.527. The van der Waals surface area contributed by atoms with Crippen LogP contribution in [0.25, 0.3) is 0 Å². The molecule has 0 spiro atoms. The zero-order chi connectivity index (χ0) is 16.9. The fraction of sp³-hybridized carbons (Fsp3) is 0.412. The lowest BCUT2D eigenvalue weighted by Gasteiger charge is -2.27. The second-order valence-corrected chi connectivity index (χ2v) is 6.66. The van der Waals surface area contributed by atoms with E-state index in [9.17, 15) is 5.11 Å². The molecule has 3 rings (SSSR count). The second-order valence-electron chi connectivity index (χ2n) is 5.84. The average molecular weight is 367 g/mol. The van der Waals surface area contributed by atoms with Gasteiger partial charge in [0.05, 0.1) is 6.10 Å². The van der Waals surface area contributed by atoms with Crippen LogP contribution in [-0.2, 0) is 0 Å². The highest BCUT2D eigenvalue weighted by molar-refractivity contribution is 6.36. The molecule has 1 saturated heterocycles. The number of aliphatic hydroxyl groups excluding tert-OH is 1. The van der Waals surface area contributed by atoms with Crippen LogP contribution in [0, 0.1) is 0 Å². The van der Waals surface area contributed by atoms with Gasteiger partial charge in [0.2, 0.25) is 0 Å². The SMILES string of the molecule is OC(CNc1cc(N2CCCCC2)ncn1)c1c(Cl)cccc1Cl. The van der Waals surface area contributed by atoms with Crippen LogP contribution in [0.3, 0.4) is 0 Å². The zero-order valence-corrected chi connectivity index (χ0v) is 14.8. The van der Waals surface area contributed by atoms with Gasteiger partial charge in [-0.05, 0) is 31.4 Å². The Hall–Kier alpha value is -1.56. The summed E-state index contributed by atoms with van der Waals surface area (Å²) >= 11 is 12.3. The number of aromatic nitrogens is 2. The molecule has 0 aliphatic carbocycles. The van der Waals surface area contributed by atoms with Crippen molar-refractivity contribution in [2.45, 2.75) is 25.4 Å². The molecule has 1 unspecified atom stereocenters. The van der Waals surface area contributed by atoms with Gasteiger partial charge in [-0.25, -0.2) is 9.97 Å². The Balaban J connectivity index is 1.66. The Morgan fingerprint density at radius 2 is 1.83 bits per heavy atom. The molecule has 1 fully saturated rings. The van der Waals surface area contributed by atoms with E-state index in [1.807, 2.05) is 6.07 Å². The molecule has 1 atom stereocenters. The van der Waals surface area contributed by atoms with Crippen molar-refractivity contribution in [1.82, 2.24) is 9.97 Å². The number of hydrogen-bond acceptors (Lipinski definition) is 5. The van der Waals surface area contributed by atoms with Crippen molar-refractivity contribution in [3.8, 4) is 0 Å². The van der Waals surface area contributed by atoms with E-state index in [-0.39, 0.29) is 6.54 Å². The van der Waals surface area contributed by atoms with Crippen LogP contribution < -0.4 is 10.2 Å².